The first kappa shape index (κ1) is 20.8. The van der Waals surface area contributed by atoms with Crippen molar-refractivity contribution in [3.8, 4) is 0 Å². The van der Waals surface area contributed by atoms with Gasteiger partial charge in [-0.1, -0.05) is 30.4 Å². The quantitative estimate of drug-likeness (QED) is 0.657. The molecule has 0 spiro atoms. The molecular weight excluding hydrogens is 430 g/mol. The third-order valence-electron chi connectivity index (χ3n) is 6.48. The van der Waals surface area contributed by atoms with Crippen molar-refractivity contribution in [2.24, 2.45) is 11.8 Å². The summed E-state index contributed by atoms with van der Waals surface area (Å²) in [6, 6.07) is 6.07. The van der Waals surface area contributed by atoms with E-state index in [1.807, 2.05) is 6.92 Å². The van der Waals surface area contributed by atoms with Gasteiger partial charge in [-0.25, -0.2) is 4.79 Å². The summed E-state index contributed by atoms with van der Waals surface area (Å²) in [6.45, 7) is 3.96. The topological polar surface area (TPSA) is 98.7 Å². The predicted octanol–water partition coefficient (Wildman–Crippen LogP) is 3.38. The minimum Gasteiger partial charge on any atom is -0.483 e. The first-order valence-corrected chi connectivity index (χ1v) is 11.5. The standard InChI is InChI=1S/C23H23N3O5S/c1-11-4-9-16-15(10-11)19(27)17-18(13-5-7-14(8-6-13)22(29)30-3)26(21(28)20(17)31-16)23-25-24-12(2)32-23/h5-8,11,15-16,18H,4,9-10H2,1-3H3. The van der Waals surface area contributed by atoms with Gasteiger partial charge in [0.05, 0.1) is 30.2 Å². The number of rotatable bonds is 3. The molecule has 4 unspecified atom stereocenters. The van der Waals surface area contributed by atoms with Gasteiger partial charge in [-0.15, -0.1) is 10.2 Å². The molecule has 1 fully saturated rings. The number of methoxy groups -OCH3 is 1. The molecule has 0 bridgehead atoms. The molecule has 5 rings (SSSR count). The lowest BCUT2D eigenvalue weighted by Crippen LogP contribution is -2.41. The number of esters is 1. The Hall–Kier alpha value is -3.07. The van der Waals surface area contributed by atoms with E-state index in [2.05, 4.69) is 17.1 Å². The number of Topliss-reactive ketones (excluding diaryl/α,β-unsaturated/α-hetero) is 1. The van der Waals surface area contributed by atoms with Gasteiger partial charge in [0, 0.05) is 0 Å². The zero-order valence-corrected chi connectivity index (χ0v) is 18.8. The normalized spacial score (nSPS) is 27.2. The average molecular weight is 454 g/mol. The van der Waals surface area contributed by atoms with Gasteiger partial charge in [0.2, 0.25) is 5.13 Å². The number of carbonyl (C=O) groups excluding carboxylic acids is 3. The maximum absolute atomic E-state index is 13.7. The Morgan fingerprint density at radius 1 is 1.19 bits per heavy atom. The Labute approximate surface area is 189 Å². The second-order valence-corrected chi connectivity index (χ2v) is 9.74. The number of hydrogen-bond acceptors (Lipinski definition) is 8. The second kappa shape index (κ2) is 7.81. The summed E-state index contributed by atoms with van der Waals surface area (Å²) < 4.78 is 11.0. The maximum atomic E-state index is 13.7. The molecule has 3 aliphatic rings. The number of fused-ring (bicyclic) bond motifs is 1. The van der Waals surface area contributed by atoms with E-state index in [-0.39, 0.29) is 29.5 Å². The molecule has 1 saturated carbocycles. The van der Waals surface area contributed by atoms with Crippen molar-refractivity contribution in [3.63, 3.8) is 0 Å². The van der Waals surface area contributed by atoms with Gasteiger partial charge in [0.15, 0.2) is 11.5 Å². The lowest BCUT2D eigenvalue weighted by atomic mass is 9.74. The van der Waals surface area contributed by atoms with Crippen LogP contribution in [0, 0.1) is 18.8 Å². The van der Waals surface area contributed by atoms with Crippen LogP contribution in [0.5, 0.6) is 0 Å². The van der Waals surface area contributed by atoms with E-state index in [9.17, 15) is 14.4 Å². The summed E-state index contributed by atoms with van der Waals surface area (Å²) in [4.78, 5) is 40.6. The van der Waals surface area contributed by atoms with E-state index in [0.29, 0.717) is 32.8 Å². The number of ether oxygens (including phenoxy) is 2. The smallest absolute Gasteiger partial charge is 0.337 e. The van der Waals surface area contributed by atoms with E-state index >= 15 is 0 Å². The highest BCUT2D eigenvalue weighted by atomic mass is 32.1. The van der Waals surface area contributed by atoms with Crippen LogP contribution in [0.3, 0.4) is 0 Å². The predicted molar refractivity (Wildman–Crippen MR) is 116 cm³/mol. The van der Waals surface area contributed by atoms with Crippen molar-refractivity contribution in [2.45, 2.75) is 45.3 Å². The maximum Gasteiger partial charge on any atom is 0.337 e. The van der Waals surface area contributed by atoms with Gasteiger partial charge in [-0.2, -0.15) is 0 Å². The highest BCUT2D eigenvalue weighted by Gasteiger charge is 2.53. The third kappa shape index (κ3) is 3.23. The lowest BCUT2D eigenvalue weighted by molar-refractivity contribution is -0.132. The molecule has 0 N–H and O–H groups in total. The van der Waals surface area contributed by atoms with Crippen LogP contribution >= 0.6 is 11.3 Å². The molecule has 32 heavy (non-hydrogen) atoms. The van der Waals surface area contributed by atoms with Crippen LogP contribution in [0.1, 0.15) is 53.2 Å². The van der Waals surface area contributed by atoms with E-state index in [4.69, 9.17) is 9.47 Å². The largest absolute Gasteiger partial charge is 0.483 e. The number of aryl methyl sites for hydroxylation is 1. The van der Waals surface area contributed by atoms with E-state index < -0.39 is 12.0 Å². The van der Waals surface area contributed by atoms with Crippen molar-refractivity contribution >= 4 is 34.1 Å². The monoisotopic (exact) mass is 453 g/mol. The summed E-state index contributed by atoms with van der Waals surface area (Å²) in [5.74, 6) is -0.543. The number of aromatic nitrogens is 2. The van der Waals surface area contributed by atoms with Gasteiger partial charge in [0.1, 0.15) is 11.1 Å². The zero-order valence-electron chi connectivity index (χ0n) is 18.0. The van der Waals surface area contributed by atoms with Crippen LogP contribution in [-0.2, 0) is 19.1 Å². The number of carbonyl (C=O) groups is 3. The third-order valence-corrected chi connectivity index (χ3v) is 7.32. The fourth-order valence-corrected chi connectivity index (χ4v) is 5.61. The Kier molecular flexibility index (Phi) is 5.08. The molecule has 8 nitrogen and oxygen atoms in total. The minimum atomic E-state index is -0.678. The van der Waals surface area contributed by atoms with Crippen LogP contribution < -0.4 is 4.90 Å². The number of nitrogens with zero attached hydrogens (tertiary/aromatic N) is 3. The Balaban J connectivity index is 1.61. The lowest BCUT2D eigenvalue weighted by Gasteiger charge is -2.37. The van der Waals surface area contributed by atoms with Crippen LogP contribution in [0.25, 0.3) is 0 Å². The van der Waals surface area contributed by atoms with Gasteiger partial charge in [-0.3, -0.25) is 14.5 Å². The van der Waals surface area contributed by atoms with E-state index in [0.717, 1.165) is 19.3 Å². The number of hydrogen-bond donors (Lipinski definition) is 0. The van der Waals surface area contributed by atoms with Gasteiger partial charge >= 0.3 is 5.97 Å². The molecule has 4 atom stereocenters. The summed E-state index contributed by atoms with van der Waals surface area (Å²) in [5.41, 5.74) is 1.47. The Morgan fingerprint density at radius 2 is 1.94 bits per heavy atom. The fraction of sp³-hybridized carbons (Fsp3) is 0.435. The van der Waals surface area contributed by atoms with Crippen LogP contribution in [0.4, 0.5) is 5.13 Å². The first-order chi connectivity index (χ1) is 15.4. The molecule has 166 valence electrons. The van der Waals surface area contributed by atoms with Gasteiger partial charge in [0.25, 0.3) is 5.91 Å². The minimum absolute atomic E-state index is 0.0260. The molecule has 0 saturated heterocycles. The number of ketones is 1. The van der Waals surface area contributed by atoms with Crippen molar-refractivity contribution < 1.29 is 23.9 Å². The first-order valence-electron chi connectivity index (χ1n) is 10.7. The molecule has 1 aromatic heterocycles. The molecule has 0 radical (unpaired) electrons. The van der Waals surface area contributed by atoms with E-state index in [1.165, 1.54) is 23.3 Å². The molecule has 1 amide bonds. The van der Waals surface area contributed by atoms with Crippen molar-refractivity contribution in [1.82, 2.24) is 10.2 Å². The fourth-order valence-electron chi connectivity index (χ4n) is 4.89. The average Bonchev–Trinajstić information content (AvgIpc) is 3.35. The highest BCUT2D eigenvalue weighted by molar-refractivity contribution is 7.15. The van der Waals surface area contributed by atoms with Crippen molar-refractivity contribution in [2.75, 3.05) is 12.0 Å². The molecule has 1 aliphatic carbocycles. The Morgan fingerprint density at radius 3 is 2.59 bits per heavy atom. The molecule has 3 heterocycles. The number of benzene rings is 1. The molecule has 2 aliphatic heterocycles. The van der Waals surface area contributed by atoms with Crippen molar-refractivity contribution in [1.29, 1.82) is 0 Å². The van der Waals surface area contributed by atoms with Gasteiger partial charge < -0.3 is 9.47 Å². The molecule has 2 aromatic rings. The Bertz CT molecular complexity index is 1140. The summed E-state index contributed by atoms with van der Waals surface area (Å²) in [6.07, 6.45) is 2.22. The molecule has 9 heteroatoms. The second-order valence-electron chi connectivity index (χ2n) is 8.58. The van der Waals surface area contributed by atoms with Crippen molar-refractivity contribution in [3.05, 3.63) is 51.7 Å². The van der Waals surface area contributed by atoms with Crippen LogP contribution in [0.2, 0.25) is 0 Å². The van der Waals surface area contributed by atoms with Gasteiger partial charge in [-0.05, 0) is 49.8 Å². The van der Waals surface area contributed by atoms with Crippen LogP contribution in [0.15, 0.2) is 35.6 Å². The summed E-state index contributed by atoms with van der Waals surface area (Å²) >= 11 is 1.29. The number of anilines is 1. The summed E-state index contributed by atoms with van der Waals surface area (Å²) in [5, 5.41) is 9.36. The zero-order chi connectivity index (χ0) is 22.6. The molecular formula is C23H23N3O5S. The number of amides is 1. The van der Waals surface area contributed by atoms with Crippen LogP contribution in [-0.4, -0.2) is 41.1 Å². The highest BCUT2D eigenvalue weighted by Crippen LogP contribution is 2.49. The summed E-state index contributed by atoms with van der Waals surface area (Å²) in [7, 11) is 1.32. The molecule has 1 aromatic carbocycles. The SMILES string of the molecule is COC(=O)c1ccc(C2C3=C(OC4CCC(C)CC4C3=O)C(=O)N2c2nnc(C)s2)cc1. The van der Waals surface area contributed by atoms with E-state index in [1.54, 1.807) is 24.3 Å².